The van der Waals surface area contributed by atoms with E-state index < -0.39 is 0 Å². The molecule has 2 atom stereocenters. The van der Waals surface area contributed by atoms with Gasteiger partial charge in [-0.1, -0.05) is 24.6 Å². The van der Waals surface area contributed by atoms with Gasteiger partial charge in [0, 0.05) is 23.3 Å². The number of nitrogens with zero attached hydrogens (tertiary/aromatic N) is 3. The van der Waals surface area contributed by atoms with E-state index in [1.54, 1.807) is 17.5 Å². The number of hydrogen-bond acceptors (Lipinski definition) is 6. The minimum Gasteiger partial charge on any atom is -0.491 e. The molecule has 2 unspecified atom stereocenters. The fraction of sp³-hybridized carbons (Fsp3) is 0.318. The number of pyridine rings is 1. The molecule has 3 aromatic rings. The molecule has 1 saturated heterocycles. The average molecular weight is 394 g/mol. The topological polar surface area (TPSA) is 55.3 Å². The SMILES string of the molecule is O=CC(COc1ccccc1)N1CCCCC1c1csc(-c2cccnc2)n1. The summed E-state index contributed by atoms with van der Waals surface area (Å²) >= 11 is 1.63. The van der Waals surface area contributed by atoms with Crippen LogP contribution in [0.4, 0.5) is 0 Å². The smallest absolute Gasteiger partial charge is 0.140 e. The fourth-order valence-electron chi connectivity index (χ4n) is 3.64. The summed E-state index contributed by atoms with van der Waals surface area (Å²) in [6.45, 7) is 1.23. The molecule has 0 spiro atoms. The Kier molecular flexibility index (Phi) is 6.09. The molecule has 0 bridgehead atoms. The van der Waals surface area contributed by atoms with Crippen LogP contribution < -0.4 is 4.74 Å². The summed E-state index contributed by atoms with van der Waals surface area (Å²) in [5.41, 5.74) is 2.07. The number of carbonyl (C=O) groups is 1. The molecule has 0 saturated carbocycles. The highest BCUT2D eigenvalue weighted by Gasteiger charge is 2.31. The van der Waals surface area contributed by atoms with E-state index >= 15 is 0 Å². The number of piperidine rings is 1. The average Bonchev–Trinajstić information content (AvgIpc) is 3.26. The first kappa shape index (κ1) is 18.8. The summed E-state index contributed by atoms with van der Waals surface area (Å²) in [4.78, 5) is 23.2. The third kappa shape index (κ3) is 4.29. The van der Waals surface area contributed by atoms with Gasteiger partial charge in [0.1, 0.15) is 29.7 Å². The lowest BCUT2D eigenvalue weighted by Crippen LogP contribution is -2.45. The van der Waals surface area contributed by atoms with Gasteiger partial charge in [0.25, 0.3) is 0 Å². The highest BCUT2D eigenvalue weighted by Crippen LogP contribution is 2.35. The lowest BCUT2D eigenvalue weighted by atomic mass is 9.98. The van der Waals surface area contributed by atoms with Gasteiger partial charge in [0.05, 0.1) is 11.7 Å². The van der Waals surface area contributed by atoms with E-state index in [1.807, 2.05) is 48.7 Å². The number of thiazole rings is 1. The van der Waals surface area contributed by atoms with Crippen LogP contribution in [0.3, 0.4) is 0 Å². The third-order valence-electron chi connectivity index (χ3n) is 5.06. The summed E-state index contributed by atoms with van der Waals surface area (Å²) in [5, 5.41) is 3.09. The van der Waals surface area contributed by atoms with E-state index in [1.165, 1.54) is 0 Å². The Labute approximate surface area is 169 Å². The summed E-state index contributed by atoms with van der Waals surface area (Å²) < 4.78 is 5.87. The standard InChI is InChI=1S/C22H23N3O2S/c26-14-18(15-27-19-8-2-1-3-9-19)25-12-5-4-10-21(25)20-16-28-22(24-20)17-7-6-11-23-13-17/h1-3,6-9,11,13-14,16,18,21H,4-5,10,12,15H2. The Morgan fingerprint density at radius 3 is 2.89 bits per heavy atom. The number of para-hydroxylation sites is 1. The third-order valence-corrected chi connectivity index (χ3v) is 5.97. The van der Waals surface area contributed by atoms with Gasteiger partial charge >= 0.3 is 0 Å². The Morgan fingerprint density at radius 2 is 2.11 bits per heavy atom. The Balaban J connectivity index is 1.50. The van der Waals surface area contributed by atoms with Crippen molar-refractivity contribution < 1.29 is 9.53 Å². The van der Waals surface area contributed by atoms with Crippen molar-refractivity contribution >= 4 is 17.6 Å². The zero-order valence-corrected chi connectivity index (χ0v) is 16.4. The summed E-state index contributed by atoms with van der Waals surface area (Å²) in [5.74, 6) is 0.787. The van der Waals surface area contributed by atoms with Crippen molar-refractivity contribution in [3.05, 3.63) is 65.9 Å². The second kappa shape index (κ2) is 9.08. The molecule has 2 aromatic heterocycles. The number of carbonyl (C=O) groups excluding carboxylic acids is 1. The van der Waals surface area contributed by atoms with Crippen LogP contribution in [0.1, 0.15) is 31.0 Å². The van der Waals surface area contributed by atoms with Crippen LogP contribution in [-0.2, 0) is 4.79 Å². The van der Waals surface area contributed by atoms with Crippen molar-refractivity contribution in [3.8, 4) is 16.3 Å². The van der Waals surface area contributed by atoms with Crippen LogP contribution in [0.25, 0.3) is 10.6 Å². The van der Waals surface area contributed by atoms with Crippen LogP contribution in [0.15, 0.2) is 60.2 Å². The van der Waals surface area contributed by atoms with Gasteiger partial charge in [0.15, 0.2) is 0 Å². The molecule has 1 aliphatic heterocycles. The van der Waals surface area contributed by atoms with Crippen molar-refractivity contribution in [1.29, 1.82) is 0 Å². The maximum Gasteiger partial charge on any atom is 0.140 e. The first-order valence-electron chi connectivity index (χ1n) is 9.60. The minimum absolute atomic E-state index is 0.144. The Bertz CT molecular complexity index is 885. The molecular weight excluding hydrogens is 370 g/mol. The van der Waals surface area contributed by atoms with Crippen molar-refractivity contribution in [3.63, 3.8) is 0 Å². The molecule has 28 heavy (non-hydrogen) atoms. The Hall–Kier alpha value is -2.57. The molecule has 0 N–H and O–H groups in total. The first-order valence-corrected chi connectivity index (χ1v) is 10.5. The van der Waals surface area contributed by atoms with Gasteiger partial charge in [-0.15, -0.1) is 11.3 Å². The lowest BCUT2D eigenvalue weighted by molar-refractivity contribution is -0.115. The number of aldehydes is 1. The second-order valence-electron chi connectivity index (χ2n) is 6.90. The highest BCUT2D eigenvalue weighted by atomic mass is 32.1. The molecule has 6 heteroatoms. The van der Waals surface area contributed by atoms with Crippen LogP contribution in [-0.4, -0.2) is 40.3 Å². The van der Waals surface area contributed by atoms with Gasteiger partial charge in [-0.05, 0) is 43.7 Å². The van der Waals surface area contributed by atoms with Gasteiger partial charge in [-0.25, -0.2) is 4.98 Å². The van der Waals surface area contributed by atoms with E-state index in [2.05, 4.69) is 15.3 Å². The largest absolute Gasteiger partial charge is 0.491 e. The van der Waals surface area contributed by atoms with E-state index in [4.69, 9.17) is 9.72 Å². The number of likely N-dealkylation sites (tertiary alicyclic amines) is 1. The monoisotopic (exact) mass is 393 g/mol. The quantitative estimate of drug-likeness (QED) is 0.558. The summed E-state index contributed by atoms with van der Waals surface area (Å²) in [6, 6.07) is 13.5. The number of benzene rings is 1. The van der Waals surface area contributed by atoms with Crippen LogP contribution in [0.5, 0.6) is 5.75 Å². The second-order valence-corrected chi connectivity index (χ2v) is 7.75. The number of rotatable bonds is 7. The number of aromatic nitrogens is 2. The van der Waals surface area contributed by atoms with Crippen LogP contribution in [0, 0.1) is 0 Å². The van der Waals surface area contributed by atoms with Gasteiger partial charge in [-0.3, -0.25) is 9.88 Å². The zero-order chi connectivity index (χ0) is 19.2. The van der Waals surface area contributed by atoms with E-state index in [0.29, 0.717) is 6.61 Å². The van der Waals surface area contributed by atoms with E-state index in [-0.39, 0.29) is 12.1 Å². The normalized spacial score (nSPS) is 18.5. The molecular formula is C22H23N3O2S. The van der Waals surface area contributed by atoms with Gasteiger partial charge in [0.2, 0.25) is 0 Å². The van der Waals surface area contributed by atoms with Gasteiger partial charge in [-0.2, -0.15) is 0 Å². The fourth-order valence-corrected chi connectivity index (χ4v) is 4.50. The minimum atomic E-state index is -0.283. The zero-order valence-electron chi connectivity index (χ0n) is 15.6. The molecule has 0 amide bonds. The molecule has 0 aliphatic carbocycles. The molecule has 1 aromatic carbocycles. The molecule has 3 heterocycles. The molecule has 1 fully saturated rings. The highest BCUT2D eigenvalue weighted by molar-refractivity contribution is 7.13. The summed E-state index contributed by atoms with van der Waals surface area (Å²) in [6.07, 6.45) is 7.85. The van der Waals surface area contributed by atoms with Crippen molar-refractivity contribution in [1.82, 2.24) is 14.9 Å². The molecule has 4 rings (SSSR count). The van der Waals surface area contributed by atoms with Crippen molar-refractivity contribution in [2.45, 2.75) is 31.3 Å². The number of ether oxygens (including phenoxy) is 1. The van der Waals surface area contributed by atoms with Crippen LogP contribution in [0.2, 0.25) is 0 Å². The lowest BCUT2D eigenvalue weighted by Gasteiger charge is -2.38. The van der Waals surface area contributed by atoms with Crippen molar-refractivity contribution in [2.24, 2.45) is 0 Å². The Morgan fingerprint density at radius 1 is 1.21 bits per heavy atom. The van der Waals surface area contributed by atoms with Crippen LogP contribution >= 0.6 is 11.3 Å². The predicted molar refractivity (Wildman–Crippen MR) is 110 cm³/mol. The molecule has 1 aliphatic rings. The molecule has 0 radical (unpaired) electrons. The maximum atomic E-state index is 11.9. The van der Waals surface area contributed by atoms with E-state index in [9.17, 15) is 4.79 Å². The summed E-state index contributed by atoms with van der Waals surface area (Å²) in [7, 11) is 0. The molecule has 5 nitrogen and oxygen atoms in total. The van der Waals surface area contributed by atoms with E-state index in [0.717, 1.165) is 54.1 Å². The number of hydrogen-bond donors (Lipinski definition) is 0. The first-order chi connectivity index (χ1) is 13.8. The van der Waals surface area contributed by atoms with Gasteiger partial charge < -0.3 is 9.53 Å². The molecule has 144 valence electrons. The predicted octanol–water partition coefficient (Wildman–Crippen LogP) is 4.38. The van der Waals surface area contributed by atoms with Crippen molar-refractivity contribution in [2.75, 3.05) is 13.2 Å². The maximum absolute atomic E-state index is 11.9.